The lowest BCUT2D eigenvalue weighted by atomic mass is 10.3. The minimum Gasteiger partial charge on any atom is -0.398 e. The molecule has 1 heterocycles. The zero-order valence-electron chi connectivity index (χ0n) is 9.57. The molecule has 0 atom stereocenters. The van der Waals surface area contributed by atoms with Crippen LogP contribution in [0.25, 0.3) is 0 Å². The third-order valence-electron chi connectivity index (χ3n) is 2.13. The molecule has 0 aliphatic rings. The molecule has 2 rings (SSSR count). The summed E-state index contributed by atoms with van der Waals surface area (Å²) in [5, 5.41) is 0.626. The van der Waals surface area contributed by atoms with Crippen LogP contribution >= 0.6 is 11.8 Å². The number of anilines is 1. The number of aryl methyl sites for hydroxylation is 2. The molecule has 0 aliphatic carbocycles. The molecule has 0 amide bonds. The first-order chi connectivity index (χ1) is 8.04. The number of nitrogen functional groups attached to an aromatic ring is 1. The second-order valence-corrected chi connectivity index (χ2v) is 4.73. The number of nitrogens with zero attached hydrogens (tertiary/aromatic N) is 2. The fourth-order valence-corrected chi connectivity index (χ4v) is 2.34. The Hall–Kier alpha value is -1.62. The topological polar surface area (TPSA) is 51.8 Å². The van der Waals surface area contributed by atoms with Gasteiger partial charge >= 0.3 is 0 Å². The molecule has 2 aromatic rings. The zero-order chi connectivity index (χ0) is 12.4. The minimum absolute atomic E-state index is 0.340. The van der Waals surface area contributed by atoms with Crippen LogP contribution in [0, 0.1) is 19.7 Å². The lowest BCUT2D eigenvalue weighted by Gasteiger charge is -2.05. The van der Waals surface area contributed by atoms with E-state index in [1.54, 1.807) is 6.07 Å². The van der Waals surface area contributed by atoms with Crippen LogP contribution < -0.4 is 5.73 Å². The van der Waals surface area contributed by atoms with Crippen LogP contribution in [-0.2, 0) is 0 Å². The first-order valence-electron chi connectivity index (χ1n) is 5.10. The average Bonchev–Trinajstić information content (AvgIpc) is 2.21. The summed E-state index contributed by atoms with van der Waals surface area (Å²) in [6.07, 6.45) is 0. The molecule has 2 N–H and O–H groups in total. The van der Waals surface area contributed by atoms with Crippen LogP contribution in [0.15, 0.2) is 34.3 Å². The number of hydrogen-bond acceptors (Lipinski definition) is 4. The molecule has 0 unspecified atom stereocenters. The van der Waals surface area contributed by atoms with E-state index >= 15 is 0 Å². The molecule has 17 heavy (non-hydrogen) atoms. The third kappa shape index (κ3) is 2.94. The molecule has 0 fully saturated rings. The Bertz CT molecular complexity index is 537. The fraction of sp³-hybridized carbons (Fsp3) is 0.167. The monoisotopic (exact) mass is 249 g/mol. The van der Waals surface area contributed by atoms with Gasteiger partial charge in [-0.3, -0.25) is 0 Å². The van der Waals surface area contributed by atoms with E-state index in [4.69, 9.17) is 5.73 Å². The van der Waals surface area contributed by atoms with Gasteiger partial charge in [0.15, 0.2) is 5.16 Å². The Morgan fingerprint density at radius 1 is 1.12 bits per heavy atom. The second kappa shape index (κ2) is 4.71. The van der Waals surface area contributed by atoms with Gasteiger partial charge in [0, 0.05) is 22.0 Å². The van der Waals surface area contributed by atoms with E-state index < -0.39 is 0 Å². The van der Waals surface area contributed by atoms with E-state index in [-0.39, 0.29) is 5.82 Å². The van der Waals surface area contributed by atoms with Crippen molar-refractivity contribution in [3.63, 3.8) is 0 Å². The van der Waals surface area contributed by atoms with Gasteiger partial charge in [-0.2, -0.15) is 0 Å². The van der Waals surface area contributed by atoms with Crippen LogP contribution in [0.2, 0.25) is 0 Å². The number of nitrogens with two attached hydrogens (primary N) is 1. The molecule has 1 aromatic carbocycles. The first-order valence-corrected chi connectivity index (χ1v) is 5.91. The number of halogens is 1. The fourth-order valence-electron chi connectivity index (χ4n) is 1.45. The van der Waals surface area contributed by atoms with Gasteiger partial charge in [-0.25, -0.2) is 14.4 Å². The Balaban J connectivity index is 2.31. The van der Waals surface area contributed by atoms with Crippen molar-refractivity contribution in [2.45, 2.75) is 23.9 Å². The molecule has 0 bridgehead atoms. The summed E-state index contributed by atoms with van der Waals surface area (Å²) in [5.74, 6) is -0.340. The summed E-state index contributed by atoms with van der Waals surface area (Å²) < 4.78 is 12.9. The van der Waals surface area contributed by atoms with Crippen LogP contribution in [0.5, 0.6) is 0 Å². The summed E-state index contributed by atoms with van der Waals surface area (Å²) in [5.41, 5.74) is 7.94. The van der Waals surface area contributed by atoms with Gasteiger partial charge in [0.05, 0.1) is 0 Å². The molecule has 0 radical (unpaired) electrons. The average molecular weight is 249 g/mol. The third-order valence-corrected chi connectivity index (χ3v) is 3.09. The lowest BCUT2D eigenvalue weighted by molar-refractivity contribution is 0.627. The molecule has 3 nitrogen and oxygen atoms in total. The van der Waals surface area contributed by atoms with Crippen LogP contribution in [0.1, 0.15) is 11.4 Å². The quantitative estimate of drug-likeness (QED) is 0.656. The predicted molar refractivity (Wildman–Crippen MR) is 66.4 cm³/mol. The largest absolute Gasteiger partial charge is 0.398 e. The Morgan fingerprint density at radius 2 is 1.76 bits per heavy atom. The molecule has 0 saturated carbocycles. The van der Waals surface area contributed by atoms with E-state index in [9.17, 15) is 4.39 Å². The Morgan fingerprint density at radius 3 is 2.35 bits per heavy atom. The van der Waals surface area contributed by atoms with E-state index in [2.05, 4.69) is 9.97 Å². The molecule has 5 heteroatoms. The van der Waals surface area contributed by atoms with Gasteiger partial charge in [0.1, 0.15) is 5.82 Å². The van der Waals surface area contributed by atoms with Gasteiger partial charge in [-0.15, -0.1) is 0 Å². The number of aromatic nitrogens is 2. The maximum atomic E-state index is 12.9. The first kappa shape index (κ1) is 11.9. The second-order valence-electron chi connectivity index (χ2n) is 3.72. The van der Waals surface area contributed by atoms with Crippen molar-refractivity contribution in [1.82, 2.24) is 9.97 Å². The van der Waals surface area contributed by atoms with Crippen LogP contribution in [-0.4, -0.2) is 9.97 Å². The van der Waals surface area contributed by atoms with E-state index in [0.717, 1.165) is 16.3 Å². The summed E-state index contributed by atoms with van der Waals surface area (Å²) >= 11 is 1.34. The van der Waals surface area contributed by atoms with Gasteiger partial charge in [0.2, 0.25) is 0 Å². The predicted octanol–water partition coefficient (Wildman–Crippen LogP) is 2.97. The van der Waals surface area contributed by atoms with Crippen molar-refractivity contribution >= 4 is 17.4 Å². The molecular weight excluding hydrogens is 237 g/mol. The van der Waals surface area contributed by atoms with Gasteiger partial charge < -0.3 is 5.73 Å². The van der Waals surface area contributed by atoms with E-state index in [1.807, 2.05) is 19.9 Å². The van der Waals surface area contributed by atoms with Gasteiger partial charge in [-0.05, 0) is 49.9 Å². The molecule has 88 valence electrons. The van der Waals surface area contributed by atoms with Crippen molar-refractivity contribution in [2.75, 3.05) is 5.73 Å². The number of hydrogen-bond donors (Lipinski definition) is 1. The normalized spacial score (nSPS) is 10.5. The highest BCUT2D eigenvalue weighted by molar-refractivity contribution is 7.99. The molecule has 0 saturated heterocycles. The van der Waals surface area contributed by atoms with Crippen LogP contribution in [0.4, 0.5) is 10.1 Å². The van der Waals surface area contributed by atoms with Crippen molar-refractivity contribution in [2.24, 2.45) is 0 Å². The summed E-state index contributed by atoms with van der Waals surface area (Å²) in [6, 6.07) is 6.21. The Labute approximate surface area is 103 Å². The Kier molecular flexibility index (Phi) is 3.28. The number of rotatable bonds is 2. The SMILES string of the molecule is Cc1cc(C)nc(Sc2ccc(F)cc2N)n1. The van der Waals surface area contributed by atoms with Crippen molar-refractivity contribution in [3.8, 4) is 0 Å². The molecule has 1 aromatic heterocycles. The smallest absolute Gasteiger partial charge is 0.192 e. The summed E-state index contributed by atoms with van der Waals surface area (Å²) in [6.45, 7) is 3.82. The zero-order valence-corrected chi connectivity index (χ0v) is 10.4. The van der Waals surface area contributed by atoms with Gasteiger partial charge in [0.25, 0.3) is 0 Å². The van der Waals surface area contributed by atoms with Gasteiger partial charge in [-0.1, -0.05) is 0 Å². The van der Waals surface area contributed by atoms with Crippen molar-refractivity contribution in [1.29, 1.82) is 0 Å². The lowest BCUT2D eigenvalue weighted by Crippen LogP contribution is -1.94. The number of benzene rings is 1. The maximum absolute atomic E-state index is 12.9. The standard InChI is InChI=1S/C12H12FN3S/c1-7-5-8(2)16-12(15-7)17-11-4-3-9(13)6-10(11)14/h3-6H,14H2,1-2H3. The van der Waals surface area contributed by atoms with Crippen molar-refractivity contribution in [3.05, 3.63) is 41.5 Å². The highest BCUT2D eigenvalue weighted by Gasteiger charge is 2.06. The summed E-state index contributed by atoms with van der Waals surface area (Å²) in [7, 11) is 0. The molecule has 0 aliphatic heterocycles. The molecular formula is C12H12FN3S. The molecule has 0 spiro atoms. The summed E-state index contributed by atoms with van der Waals surface area (Å²) in [4.78, 5) is 9.35. The van der Waals surface area contributed by atoms with Crippen molar-refractivity contribution < 1.29 is 4.39 Å². The van der Waals surface area contributed by atoms with E-state index in [0.29, 0.717) is 10.8 Å². The minimum atomic E-state index is -0.340. The highest BCUT2D eigenvalue weighted by atomic mass is 32.2. The maximum Gasteiger partial charge on any atom is 0.192 e. The van der Waals surface area contributed by atoms with E-state index in [1.165, 1.54) is 23.9 Å². The highest BCUT2D eigenvalue weighted by Crippen LogP contribution is 2.30. The van der Waals surface area contributed by atoms with Crippen LogP contribution in [0.3, 0.4) is 0 Å².